The Morgan fingerprint density at radius 1 is 1.33 bits per heavy atom. The molecule has 0 aliphatic carbocycles. The van der Waals surface area contributed by atoms with Gasteiger partial charge in [-0.25, -0.2) is 0 Å². The van der Waals surface area contributed by atoms with Crippen LogP contribution in [0.5, 0.6) is 0 Å². The fourth-order valence-corrected chi connectivity index (χ4v) is 1.44. The van der Waals surface area contributed by atoms with Crippen LogP contribution in [0.4, 0.5) is 5.69 Å². The molecule has 0 aliphatic rings. The SMILES string of the molecule is CCc1cnc(C)c(N)c1CC. The van der Waals surface area contributed by atoms with Crippen LogP contribution in [0.1, 0.15) is 30.7 Å². The molecule has 0 saturated carbocycles. The van der Waals surface area contributed by atoms with E-state index in [-0.39, 0.29) is 0 Å². The maximum Gasteiger partial charge on any atom is 0.0604 e. The minimum Gasteiger partial charge on any atom is -0.397 e. The third kappa shape index (κ3) is 1.42. The molecule has 1 rings (SSSR count). The second-order valence-electron chi connectivity index (χ2n) is 2.97. The number of hydrogen-bond donors (Lipinski definition) is 1. The van der Waals surface area contributed by atoms with E-state index in [1.54, 1.807) is 0 Å². The molecule has 0 amide bonds. The molecule has 1 aromatic rings. The van der Waals surface area contributed by atoms with Crippen molar-refractivity contribution in [3.05, 3.63) is 23.0 Å². The van der Waals surface area contributed by atoms with Gasteiger partial charge in [0.1, 0.15) is 0 Å². The summed E-state index contributed by atoms with van der Waals surface area (Å²) in [5, 5.41) is 0. The van der Waals surface area contributed by atoms with Gasteiger partial charge in [-0.3, -0.25) is 4.98 Å². The van der Waals surface area contributed by atoms with Gasteiger partial charge < -0.3 is 5.73 Å². The average molecular weight is 164 g/mol. The quantitative estimate of drug-likeness (QED) is 0.727. The lowest BCUT2D eigenvalue weighted by Gasteiger charge is -2.10. The maximum atomic E-state index is 5.91. The highest BCUT2D eigenvalue weighted by molar-refractivity contribution is 5.53. The Kier molecular flexibility index (Phi) is 2.69. The Balaban J connectivity index is 3.25. The van der Waals surface area contributed by atoms with Gasteiger partial charge in [-0.2, -0.15) is 0 Å². The number of anilines is 1. The van der Waals surface area contributed by atoms with E-state index in [2.05, 4.69) is 18.8 Å². The highest BCUT2D eigenvalue weighted by Crippen LogP contribution is 2.19. The first kappa shape index (κ1) is 9.04. The van der Waals surface area contributed by atoms with Crippen LogP contribution in [0.25, 0.3) is 0 Å². The van der Waals surface area contributed by atoms with E-state index >= 15 is 0 Å². The summed E-state index contributed by atoms with van der Waals surface area (Å²) in [5.74, 6) is 0. The van der Waals surface area contributed by atoms with Crippen molar-refractivity contribution >= 4 is 5.69 Å². The van der Waals surface area contributed by atoms with Crippen LogP contribution < -0.4 is 5.73 Å². The zero-order valence-corrected chi connectivity index (χ0v) is 8.02. The largest absolute Gasteiger partial charge is 0.397 e. The topological polar surface area (TPSA) is 38.9 Å². The molecule has 0 bridgehead atoms. The zero-order valence-electron chi connectivity index (χ0n) is 8.02. The predicted molar refractivity (Wildman–Crippen MR) is 52.1 cm³/mol. The molecule has 0 atom stereocenters. The molecule has 2 heteroatoms. The summed E-state index contributed by atoms with van der Waals surface area (Å²) < 4.78 is 0. The van der Waals surface area contributed by atoms with Crippen molar-refractivity contribution in [1.82, 2.24) is 4.98 Å². The van der Waals surface area contributed by atoms with Gasteiger partial charge in [-0.05, 0) is 30.9 Å². The molecule has 0 aliphatic heterocycles. The molecule has 0 unspecified atom stereocenters. The third-order valence-corrected chi connectivity index (χ3v) is 2.25. The first-order valence-corrected chi connectivity index (χ1v) is 4.43. The number of rotatable bonds is 2. The van der Waals surface area contributed by atoms with Gasteiger partial charge in [0, 0.05) is 6.20 Å². The normalized spacial score (nSPS) is 10.2. The van der Waals surface area contributed by atoms with E-state index < -0.39 is 0 Å². The Hall–Kier alpha value is -1.05. The van der Waals surface area contributed by atoms with Crippen molar-refractivity contribution in [2.24, 2.45) is 0 Å². The molecule has 0 spiro atoms. The van der Waals surface area contributed by atoms with Crippen LogP contribution in [0, 0.1) is 6.92 Å². The molecule has 12 heavy (non-hydrogen) atoms. The zero-order chi connectivity index (χ0) is 9.14. The van der Waals surface area contributed by atoms with E-state index in [9.17, 15) is 0 Å². The second kappa shape index (κ2) is 3.57. The van der Waals surface area contributed by atoms with E-state index in [0.717, 1.165) is 24.2 Å². The van der Waals surface area contributed by atoms with Crippen molar-refractivity contribution in [2.75, 3.05) is 5.73 Å². The van der Waals surface area contributed by atoms with Gasteiger partial charge >= 0.3 is 0 Å². The Morgan fingerprint density at radius 3 is 2.50 bits per heavy atom. The predicted octanol–water partition coefficient (Wildman–Crippen LogP) is 2.10. The van der Waals surface area contributed by atoms with Gasteiger partial charge in [-0.15, -0.1) is 0 Å². The van der Waals surface area contributed by atoms with E-state index in [4.69, 9.17) is 5.73 Å². The summed E-state index contributed by atoms with van der Waals surface area (Å²) in [4.78, 5) is 4.23. The fraction of sp³-hybridized carbons (Fsp3) is 0.500. The van der Waals surface area contributed by atoms with Crippen LogP contribution in [-0.4, -0.2) is 4.98 Å². The van der Waals surface area contributed by atoms with Crippen LogP contribution in [-0.2, 0) is 12.8 Å². The summed E-state index contributed by atoms with van der Waals surface area (Å²) in [6, 6.07) is 0. The number of nitrogens with zero attached hydrogens (tertiary/aromatic N) is 1. The number of pyridine rings is 1. The minimum atomic E-state index is 0.872. The lowest BCUT2D eigenvalue weighted by Crippen LogP contribution is -2.02. The third-order valence-electron chi connectivity index (χ3n) is 2.25. The maximum absolute atomic E-state index is 5.91. The molecule has 0 saturated heterocycles. The van der Waals surface area contributed by atoms with Gasteiger partial charge in [0.2, 0.25) is 0 Å². The first-order chi connectivity index (χ1) is 5.70. The number of aromatic nitrogens is 1. The van der Waals surface area contributed by atoms with Crippen molar-refractivity contribution in [2.45, 2.75) is 33.6 Å². The van der Waals surface area contributed by atoms with Crippen LogP contribution in [0.3, 0.4) is 0 Å². The molecule has 2 N–H and O–H groups in total. The van der Waals surface area contributed by atoms with Gasteiger partial charge in [0.25, 0.3) is 0 Å². The molecule has 0 fully saturated rings. The molecule has 1 heterocycles. The van der Waals surface area contributed by atoms with Gasteiger partial charge in [0.05, 0.1) is 11.4 Å². The van der Waals surface area contributed by atoms with Gasteiger partial charge in [-0.1, -0.05) is 13.8 Å². The molecule has 1 aromatic heterocycles. The fourth-order valence-electron chi connectivity index (χ4n) is 1.44. The first-order valence-electron chi connectivity index (χ1n) is 4.43. The number of hydrogen-bond acceptors (Lipinski definition) is 2. The molecule has 2 nitrogen and oxygen atoms in total. The lowest BCUT2D eigenvalue weighted by molar-refractivity contribution is 1.00. The highest BCUT2D eigenvalue weighted by atomic mass is 14.7. The van der Waals surface area contributed by atoms with E-state index in [1.807, 2.05) is 13.1 Å². The Labute approximate surface area is 73.8 Å². The summed E-state index contributed by atoms with van der Waals surface area (Å²) in [6.45, 7) is 6.21. The van der Waals surface area contributed by atoms with E-state index in [1.165, 1.54) is 11.1 Å². The molecular formula is C10H16N2. The molecule has 0 radical (unpaired) electrons. The lowest BCUT2D eigenvalue weighted by atomic mass is 10.0. The second-order valence-corrected chi connectivity index (χ2v) is 2.97. The van der Waals surface area contributed by atoms with Gasteiger partial charge in [0.15, 0.2) is 0 Å². The number of nitrogens with two attached hydrogens (primary N) is 1. The van der Waals surface area contributed by atoms with Crippen molar-refractivity contribution in [3.8, 4) is 0 Å². The average Bonchev–Trinajstić information content (AvgIpc) is 2.09. The summed E-state index contributed by atoms with van der Waals surface area (Å²) in [7, 11) is 0. The highest BCUT2D eigenvalue weighted by Gasteiger charge is 2.05. The van der Waals surface area contributed by atoms with Crippen molar-refractivity contribution in [1.29, 1.82) is 0 Å². The molecule has 0 aromatic carbocycles. The summed E-state index contributed by atoms with van der Waals surface area (Å²) in [6.07, 6.45) is 3.95. The Morgan fingerprint density at radius 2 is 2.00 bits per heavy atom. The van der Waals surface area contributed by atoms with Crippen LogP contribution in [0.2, 0.25) is 0 Å². The van der Waals surface area contributed by atoms with Crippen LogP contribution >= 0.6 is 0 Å². The monoisotopic (exact) mass is 164 g/mol. The summed E-state index contributed by atoms with van der Waals surface area (Å²) in [5.41, 5.74) is 10.3. The molecular weight excluding hydrogens is 148 g/mol. The van der Waals surface area contributed by atoms with Crippen LogP contribution in [0.15, 0.2) is 6.20 Å². The standard InChI is InChI=1S/C10H16N2/c1-4-8-6-12-7(3)10(11)9(8)5-2/h6H,4-5,11H2,1-3H3. The number of aryl methyl sites for hydroxylation is 2. The van der Waals surface area contributed by atoms with E-state index in [0.29, 0.717) is 0 Å². The van der Waals surface area contributed by atoms with Crippen molar-refractivity contribution < 1.29 is 0 Å². The smallest absolute Gasteiger partial charge is 0.0604 e. The molecule has 66 valence electrons. The minimum absolute atomic E-state index is 0.872. The number of nitrogen functional groups attached to an aromatic ring is 1. The summed E-state index contributed by atoms with van der Waals surface area (Å²) >= 11 is 0. The van der Waals surface area contributed by atoms with Crippen molar-refractivity contribution in [3.63, 3.8) is 0 Å². The Bertz CT molecular complexity index is 279.